The number of likely N-dealkylation sites (tertiary alicyclic amines) is 1. The Morgan fingerprint density at radius 3 is 2.63 bits per heavy atom. The first kappa shape index (κ1) is 13.5. The van der Waals surface area contributed by atoms with E-state index < -0.39 is 28.9 Å². The summed E-state index contributed by atoms with van der Waals surface area (Å²) in [7, 11) is 0. The minimum Gasteiger partial charge on any atom is -0.481 e. The third kappa shape index (κ3) is 2.30. The summed E-state index contributed by atoms with van der Waals surface area (Å²) in [6.45, 7) is 1.75. The maximum atomic E-state index is 13.5. The summed E-state index contributed by atoms with van der Waals surface area (Å²) in [4.78, 5) is 24.4. The van der Waals surface area contributed by atoms with Crippen LogP contribution in [0.25, 0.3) is 0 Å². The fourth-order valence-electron chi connectivity index (χ4n) is 2.15. The van der Waals surface area contributed by atoms with Crippen molar-refractivity contribution in [3.63, 3.8) is 0 Å². The molecule has 1 aliphatic heterocycles. The van der Waals surface area contributed by atoms with E-state index in [1.807, 2.05) is 0 Å². The van der Waals surface area contributed by atoms with Gasteiger partial charge in [-0.1, -0.05) is 6.07 Å². The molecule has 0 radical (unpaired) electrons. The predicted molar refractivity (Wildman–Crippen MR) is 62.6 cm³/mol. The van der Waals surface area contributed by atoms with Crippen LogP contribution in [0, 0.1) is 17.0 Å². The number of benzene rings is 1. The summed E-state index contributed by atoms with van der Waals surface area (Å²) >= 11 is 0. The molecule has 1 fully saturated rings. The van der Waals surface area contributed by atoms with Crippen LogP contribution in [-0.2, 0) is 4.79 Å². The van der Waals surface area contributed by atoms with Gasteiger partial charge in [0, 0.05) is 13.1 Å². The van der Waals surface area contributed by atoms with Crippen LogP contribution in [-0.4, -0.2) is 35.0 Å². The first-order chi connectivity index (χ1) is 8.85. The summed E-state index contributed by atoms with van der Waals surface area (Å²) in [6, 6.07) is 3.37. The Morgan fingerprint density at radius 1 is 1.37 bits per heavy atom. The van der Waals surface area contributed by atoms with E-state index in [0.29, 0.717) is 6.42 Å². The molecule has 2 rings (SSSR count). The molecule has 0 spiro atoms. The number of carbonyl (C=O) groups is 2. The number of hydrogen-bond acceptors (Lipinski definition) is 2. The van der Waals surface area contributed by atoms with Gasteiger partial charge in [0.1, 0.15) is 0 Å². The van der Waals surface area contributed by atoms with Crippen LogP contribution in [0.5, 0.6) is 0 Å². The van der Waals surface area contributed by atoms with E-state index >= 15 is 0 Å². The number of carboxylic acid groups (broad SMARTS) is 1. The molecule has 1 saturated heterocycles. The molecule has 0 aliphatic carbocycles. The lowest BCUT2D eigenvalue weighted by Gasteiger charge is -2.20. The lowest BCUT2D eigenvalue weighted by Crippen LogP contribution is -2.35. The molecule has 1 aromatic rings. The minimum absolute atomic E-state index is 0.00286. The Balaban J connectivity index is 2.23. The average molecular weight is 269 g/mol. The first-order valence-corrected chi connectivity index (χ1v) is 5.82. The predicted octanol–water partition coefficient (Wildman–Crippen LogP) is 1.90. The average Bonchev–Trinajstić information content (AvgIpc) is 2.76. The van der Waals surface area contributed by atoms with Crippen molar-refractivity contribution in [3.05, 3.63) is 35.4 Å². The maximum Gasteiger partial charge on any atom is 0.311 e. The van der Waals surface area contributed by atoms with Gasteiger partial charge in [-0.3, -0.25) is 9.59 Å². The molecule has 4 nitrogen and oxygen atoms in total. The quantitative estimate of drug-likeness (QED) is 0.892. The van der Waals surface area contributed by atoms with Gasteiger partial charge in [-0.2, -0.15) is 0 Å². The lowest BCUT2D eigenvalue weighted by molar-refractivity contribution is -0.147. The summed E-state index contributed by atoms with van der Waals surface area (Å²) in [5, 5.41) is 9.07. The number of carboxylic acids is 1. The second-order valence-corrected chi connectivity index (χ2v) is 4.94. The fraction of sp³-hybridized carbons (Fsp3) is 0.385. The smallest absolute Gasteiger partial charge is 0.311 e. The fourth-order valence-corrected chi connectivity index (χ4v) is 2.15. The Morgan fingerprint density at radius 2 is 2.05 bits per heavy atom. The Hall–Kier alpha value is -1.98. The van der Waals surface area contributed by atoms with Crippen LogP contribution in [0.15, 0.2) is 18.2 Å². The highest BCUT2D eigenvalue weighted by molar-refractivity contribution is 5.95. The Labute approximate surface area is 108 Å². The van der Waals surface area contributed by atoms with E-state index in [0.717, 1.165) is 6.07 Å². The van der Waals surface area contributed by atoms with Crippen LogP contribution < -0.4 is 0 Å². The van der Waals surface area contributed by atoms with Crippen molar-refractivity contribution >= 4 is 11.9 Å². The third-order valence-electron chi connectivity index (χ3n) is 3.46. The van der Waals surface area contributed by atoms with Gasteiger partial charge in [0.25, 0.3) is 5.91 Å². The molecule has 102 valence electrons. The zero-order valence-electron chi connectivity index (χ0n) is 10.3. The summed E-state index contributed by atoms with van der Waals surface area (Å²) in [5.41, 5.74) is -1.39. The van der Waals surface area contributed by atoms with Gasteiger partial charge in [0.05, 0.1) is 11.0 Å². The molecular formula is C13H13F2NO3. The van der Waals surface area contributed by atoms with Crippen LogP contribution in [0.1, 0.15) is 23.7 Å². The third-order valence-corrected chi connectivity index (χ3v) is 3.46. The highest BCUT2D eigenvalue weighted by Crippen LogP contribution is 2.31. The Bertz CT molecular complexity index is 547. The molecule has 1 unspecified atom stereocenters. The summed E-state index contributed by atoms with van der Waals surface area (Å²) < 4.78 is 26.6. The minimum atomic E-state index is -1.20. The zero-order valence-corrected chi connectivity index (χ0v) is 10.3. The molecule has 1 atom stereocenters. The molecule has 1 amide bonds. The molecule has 0 saturated carbocycles. The number of nitrogens with zero attached hydrogens (tertiary/aromatic N) is 1. The normalized spacial score (nSPS) is 22.6. The SMILES string of the molecule is CC1(C(=O)O)CCN(C(=O)c2cccc(F)c2F)C1. The van der Waals surface area contributed by atoms with Crippen molar-refractivity contribution in [2.75, 3.05) is 13.1 Å². The molecule has 0 bridgehead atoms. The monoisotopic (exact) mass is 269 g/mol. The van der Waals surface area contributed by atoms with Crippen LogP contribution >= 0.6 is 0 Å². The zero-order chi connectivity index (χ0) is 14.2. The van der Waals surface area contributed by atoms with Crippen molar-refractivity contribution in [1.29, 1.82) is 0 Å². The van der Waals surface area contributed by atoms with Crippen LogP contribution in [0.4, 0.5) is 8.78 Å². The van der Waals surface area contributed by atoms with Crippen molar-refractivity contribution in [2.24, 2.45) is 5.41 Å². The van der Waals surface area contributed by atoms with E-state index in [2.05, 4.69) is 0 Å². The highest BCUT2D eigenvalue weighted by Gasteiger charge is 2.42. The van der Waals surface area contributed by atoms with Gasteiger partial charge in [-0.15, -0.1) is 0 Å². The van der Waals surface area contributed by atoms with E-state index in [-0.39, 0.29) is 18.7 Å². The van der Waals surface area contributed by atoms with E-state index in [1.54, 1.807) is 0 Å². The number of aliphatic carboxylic acids is 1. The molecule has 6 heteroatoms. The van der Waals surface area contributed by atoms with E-state index in [4.69, 9.17) is 5.11 Å². The van der Waals surface area contributed by atoms with Crippen molar-refractivity contribution in [3.8, 4) is 0 Å². The Kier molecular flexibility index (Phi) is 3.26. The molecule has 19 heavy (non-hydrogen) atoms. The topological polar surface area (TPSA) is 57.6 Å². The number of rotatable bonds is 2. The lowest BCUT2D eigenvalue weighted by atomic mass is 9.90. The van der Waals surface area contributed by atoms with Crippen molar-refractivity contribution in [1.82, 2.24) is 4.90 Å². The molecule has 0 aromatic heterocycles. The van der Waals surface area contributed by atoms with Gasteiger partial charge < -0.3 is 10.0 Å². The highest BCUT2D eigenvalue weighted by atomic mass is 19.2. The molecule has 1 aliphatic rings. The second kappa shape index (κ2) is 4.60. The van der Waals surface area contributed by atoms with Crippen molar-refractivity contribution in [2.45, 2.75) is 13.3 Å². The van der Waals surface area contributed by atoms with Gasteiger partial charge in [0.15, 0.2) is 11.6 Å². The maximum absolute atomic E-state index is 13.5. The van der Waals surface area contributed by atoms with Crippen LogP contribution in [0.3, 0.4) is 0 Å². The summed E-state index contributed by atoms with van der Waals surface area (Å²) in [5.74, 6) is -3.97. The largest absolute Gasteiger partial charge is 0.481 e. The number of halogens is 2. The van der Waals surface area contributed by atoms with E-state index in [9.17, 15) is 18.4 Å². The van der Waals surface area contributed by atoms with Gasteiger partial charge >= 0.3 is 5.97 Å². The van der Waals surface area contributed by atoms with Crippen LogP contribution in [0.2, 0.25) is 0 Å². The number of amides is 1. The molecule has 1 N–H and O–H groups in total. The second-order valence-electron chi connectivity index (χ2n) is 4.94. The molecule has 1 heterocycles. The van der Waals surface area contributed by atoms with Gasteiger partial charge in [-0.25, -0.2) is 8.78 Å². The molecular weight excluding hydrogens is 256 g/mol. The number of carbonyl (C=O) groups excluding carboxylic acids is 1. The van der Waals surface area contributed by atoms with Gasteiger partial charge in [-0.05, 0) is 25.5 Å². The number of hydrogen-bond donors (Lipinski definition) is 1. The standard InChI is InChI=1S/C13H13F2NO3/c1-13(12(18)19)5-6-16(7-13)11(17)8-3-2-4-9(14)10(8)15/h2-4H,5-7H2,1H3,(H,18,19). The molecule has 1 aromatic carbocycles. The van der Waals surface area contributed by atoms with Gasteiger partial charge in [0.2, 0.25) is 0 Å². The van der Waals surface area contributed by atoms with E-state index in [1.165, 1.54) is 24.0 Å². The van der Waals surface area contributed by atoms with Crippen molar-refractivity contribution < 1.29 is 23.5 Å². The first-order valence-electron chi connectivity index (χ1n) is 5.82. The summed E-state index contributed by atoms with van der Waals surface area (Å²) in [6.07, 6.45) is 0.297.